The highest BCUT2D eigenvalue weighted by molar-refractivity contribution is 9.10. The zero-order chi connectivity index (χ0) is 13.5. The average molecular weight is 306 g/mol. The molecule has 0 fully saturated rings. The van der Waals surface area contributed by atoms with Crippen molar-refractivity contribution in [3.8, 4) is 5.75 Å². The predicted molar refractivity (Wildman–Crippen MR) is 68.0 cm³/mol. The first-order valence-corrected chi connectivity index (χ1v) is 5.60. The van der Waals surface area contributed by atoms with Gasteiger partial charge in [0.2, 0.25) is 0 Å². The lowest BCUT2D eigenvalue weighted by Crippen LogP contribution is -2.43. The topological polar surface area (TPSA) is 104 Å². The van der Waals surface area contributed by atoms with E-state index < -0.39 is 5.54 Å². The van der Waals surface area contributed by atoms with Crippen LogP contribution in [0.2, 0.25) is 0 Å². The second-order valence-electron chi connectivity index (χ2n) is 3.79. The van der Waals surface area contributed by atoms with Gasteiger partial charge in [-0.25, -0.2) is 0 Å². The second kappa shape index (κ2) is 7.39. The summed E-state index contributed by atoms with van der Waals surface area (Å²) in [6.45, 7) is 1.22. The number of halogens is 1. The number of phenols is 1. The second-order valence-corrected chi connectivity index (χ2v) is 4.71. The molecule has 0 heterocycles. The van der Waals surface area contributed by atoms with Gasteiger partial charge in [0.15, 0.2) is 6.29 Å². The summed E-state index contributed by atoms with van der Waals surface area (Å²) < 4.78 is 0.785. The molecule has 0 aliphatic carbocycles. The van der Waals surface area contributed by atoms with Gasteiger partial charge >= 0.3 is 0 Å². The number of carbonyl (C=O) groups is 1. The fourth-order valence-electron chi connectivity index (χ4n) is 0.670. The Kier molecular flexibility index (Phi) is 6.98. The van der Waals surface area contributed by atoms with Crippen molar-refractivity contribution in [1.29, 1.82) is 0 Å². The number of aliphatic hydroxyl groups excluding tert-OH is 2. The van der Waals surface area contributed by atoms with Crippen molar-refractivity contribution in [2.45, 2.75) is 12.5 Å². The number of carbonyl (C=O) groups excluding carboxylic acids is 1. The summed E-state index contributed by atoms with van der Waals surface area (Å²) in [5, 5.41) is 25.6. The maximum atomic E-state index is 10.2. The monoisotopic (exact) mass is 305 g/mol. The first-order chi connectivity index (χ1) is 7.86. The lowest BCUT2D eigenvalue weighted by Gasteiger charge is -2.16. The lowest BCUT2D eigenvalue weighted by molar-refractivity contribution is 0.112. The van der Waals surface area contributed by atoms with E-state index in [4.69, 9.17) is 21.1 Å². The zero-order valence-corrected chi connectivity index (χ0v) is 11.0. The van der Waals surface area contributed by atoms with Gasteiger partial charge in [-0.05, 0) is 25.1 Å². The van der Waals surface area contributed by atoms with Crippen LogP contribution in [0.3, 0.4) is 0 Å². The predicted octanol–water partition coefficient (Wildman–Crippen LogP) is 0.656. The van der Waals surface area contributed by atoms with Crippen LogP contribution in [0, 0.1) is 0 Å². The van der Waals surface area contributed by atoms with E-state index in [1.54, 1.807) is 19.1 Å². The van der Waals surface area contributed by atoms with Gasteiger partial charge in [0.05, 0.1) is 24.3 Å². The van der Waals surface area contributed by atoms with Gasteiger partial charge < -0.3 is 21.1 Å². The van der Waals surface area contributed by atoms with Crippen molar-refractivity contribution < 1.29 is 20.1 Å². The molecule has 6 heteroatoms. The summed E-state index contributed by atoms with van der Waals surface area (Å²) in [7, 11) is 0. The summed E-state index contributed by atoms with van der Waals surface area (Å²) in [5.74, 6) is 0.0122. The zero-order valence-electron chi connectivity index (χ0n) is 9.43. The molecule has 1 aromatic carbocycles. The molecule has 0 aliphatic rings. The molecule has 5 N–H and O–H groups in total. The number of phenolic OH excluding ortho intramolecular Hbond substituents is 1. The fraction of sp³-hybridized carbons (Fsp3) is 0.364. The summed E-state index contributed by atoms with van der Waals surface area (Å²) in [6.07, 6.45) is 0.611. The molecule has 1 rings (SSSR count). The largest absolute Gasteiger partial charge is 0.507 e. The minimum absolute atomic E-state index is 0.0122. The Bertz CT molecular complexity index is 362. The normalized spacial score (nSPS) is 10.4. The van der Waals surface area contributed by atoms with Crippen molar-refractivity contribution in [3.05, 3.63) is 28.2 Å². The van der Waals surface area contributed by atoms with E-state index in [2.05, 4.69) is 15.9 Å². The Hall–Kier alpha value is -0.950. The Morgan fingerprint density at radius 2 is 1.94 bits per heavy atom. The van der Waals surface area contributed by atoms with Gasteiger partial charge in [-0.2, -0.15) is 0 Å². The van der Waals surface area contributed by atoms with E-state index in [1.807, 2.05) is 0 Å². The van der Waals surface area contributed by atoms with Crippen LogP contribution in [0.25, 0.3) is 0 Å². The first kappa shape index (κ1) is 16.1. The lowest BCUT2D eigenvalue weighted by atomic mass is 10.1. The smallest absolute Gasteiger partial charge is 0.153 e. The van der Waals surface area contributed by atoms with Gasteiger partial charge in [0, 0.05) is 4.47 Å². The molecule has 0 radical (unpaired) electrons. The van der Waals surface area contributed by atoms with E-state index in [9.17, 15) is 4.79 Å². The highest BCUT2D eigenvalue weighted by Crippen LogP contribution is 2.19. The van der Waals surface area contributed by atoms with Crippen molar-refractivity contribution in [1.82, 2.24) is 0 Å². The standard InChI is InChI=1S/C7H5BrO2.C4H11NO2/c8-6-1-2-7(10)5(3-6)4-9;1-4(5,2-6)3-7/h1-4,10H;6-7H,2-3,5H2,1H3. The number of aromatic hydroxyl groups is 1. The molecule has 0 amide bonds. The van der Waals surface area contributed by atoms with Crippen LogP contribution in [0.1, 0.15) is 17.3 Å². The molecular formula is C11H16BrNO4. The third-order valence-corrected chi connectivity index (χ3v) is 2.33. The molecule has 5 nitrogen and oxygen atoms in total. The van der Waals surface area contributed by atoms with E-state index in [0.717, 1.165) is 4.47 Å². The minimum atomic E-state index is -0.806. The van der Waals surface area contributed by atoms with Crippen LogP contribution in [0.15, 0.2) is 22.7 Å². The molecule has 0 bridgehead atoms. The number of hydrogen-bond donors (Lipinski definition) is 4. The Morgan fingerprint density at radius 3 is 2.24 bits per heavy atom. The fourth-order valence-corrected chi connectivity index (χ4v) is 1.05. The Balaban J connectivity index is 0.000000325. The number of hydrogen-bond acceptors (Lipinski definition) is 5. The van der Waals surface area contributed by atoms with Gasteiger partial charge in [0.1, 0.15) is 5.75 Å². The summed E-state index contributed by atoms with van der Waals surface area (Å²) in [6, 6.07) is 4.69. The molecule has 0 spiro atoms. The van der Waals surface area contributed by atoms with Crippen LogP contribution < -0.4 is 5.73 Å². The average Bonchev–Trinajstić information content (AvgIpc) is 2.33. The number of benzene rings is 1. The third-order valence-electron chi connectivity index (χ3n) is 1.84. The number of nitrogens with two attached hydrogens (primary N) is 1. The quantitative estimate of drug-likeness (QED) is 0.614. The van der Waals surface area contributed by atoms with Crippen LogP contribution >= 0.6 is 15.9 Å². The molecule has 0 atom stereocenters. The first-order valence-electron chi connectivity index (χ1n) is 4.80. The maximum Gasteiger partial charge on any atom is 0.153 e. The van der Waals surface area contributed by atoms with Gasteiger partial charge in [-0.3, -0.25) is 4.79 Å². The molecule has 96 valence electrons. The Labute approximate surface area is 108 Å². The Morgan fingerprint density at radius 1 is 1.41 bits per heavy atom. The third kappa shape index (κ3) is 6.38. The van der Waals surface area contributed by atoms with Crippen LogP contribution in [0.5, 0.6) is 5.75 Å². The van der Waals surface area contributed by atoms with Crippen LogP contribution in [0.4, 0.5) is 0 Å². The van der Waals surface area contributed by atoms with E-state index >= 15 is 0 Å². The van der Waals surface area contributed by atoms with Crippen molar-refractivity contribution in [2.24, 2.45) is 5.73 Å². The van der Waals surface area contributed by atoms with Crippen molar-refractivity contribution in [2.75, 3.05) is 13.2 Å². The van der Waals surface area contributed by atoms with E-state index in [-0.39, 0.29) is 19.0 Å². The molecule has 0 saturated carbocycles. The van der Waals surface area contributed by atoms with Gasteiger partial charge in [-0.15, -0.1) is 0 Å². The highest BCUT2D eigenvalue weighted by Gasteiger charge is 2.13. The maximum absolute atomic E-state index is 10.2. The highest BCUT2D eigenvalue weighted by atomic mass is 79.9. The summed E-state index contributed by atoms with van der Waals surface area (Å²) in [5.41, 5.74) is 4.71. The molecule has 1 aromatic rings. The molecule has 0 aromatic heterocycles. The molecule has 0 saturated heterocycles. The molecule has 0 unspecified atom stereocenters. The minimum Gasteiger partial charge on any atom is -0.507 e. The number of rotatable bonds is 3. The summed E-state index contributed by atoms with van der Waals surface area (Å²) >= 11 is 3.17. The van der Waals surface area contributed by atoms with Crippen LogP contribution in [-0.2, 0) is 0 Å². The molecule has 0 aliphatic heterocycles. The van der Waals surface area contributed by atoms with E-state index in [1.165, 1.54) is 6.07 Å². The number of aliphatic hydroxyl groups is 2. The summed E-state index contributed by atoms with van der Waals surface area (Å²) in [4.78, 5) is 10.2. The van der Waals surface area contributed by atoms with E-state index in [0.29, 0.717) is 11.8 Å². The van der Waals surface area contributed by atoms with Gasteiger partial charge in [0.25, 0.3) is 0 Å². The molecular weight excluding hydrogens is 290 g/mol. The SMILES string of the molecule is CC(N)(CO)CO.O=Cc1cc(Br)ccc1O. The van der Waals surface area contributed by atoms with Gasteiger partial charge in [-0.1, -0.05) is 15.9 Å². The van der Waals surface area contributed by atoms with Crippen LogP contribution in [-0.4, -0.2) is 40.4 Å². The van der Waals surface area contributed by atoms with Crippen molar-refractivity contribution in [3.63, 3.8) is 0 Å². The molecule has 17 heavy (non-hydrogen) atoms. The number of aldehydes is 1. The van der Waals surface area contributed by atoms with Crippen molar-refractivity contribution >= 4 is 22.2 Å².